The number of H-pyrrole nitrogens is 3. The maximum Gasteiger partial charge on any atom is 0.346 e. The standard InChI is InChI=1S/C25H17N5O/c31-25-29-20(14-21(30-25)24-27-18-12-6-7-13-19(18)28-24)22-16-10-4-5-11-17(16)26-23(22)15-8-2-1-3-9-15/h1-14,26H,(H,27,28)(H,29,30,31). The summed E-state index contributed by atoms with van der Waals surface area (Å²) in [6.07, 6.45) is 0. The first-order chi connectivity index (χ1) is 15.3. The minimum Gasteiger partial charge on any atom is -0.354 e. The molecule has 3 aromatic carbocycles. The number of aromatic amines is 3. The molecule has 0 aliphatic heterocycles. The highest BCUT2D eigenvalue weighted by Crippen LogP contribution is 2.37. The van der Waals surface area contributed by atoms with Crippen molar-refractivity contribution >= 4 is 21.9 Å². The molecule has 0 aliphatic rings. The van der Waals surface area contributed by atoms with Crippen molar-refractivity contribution in [3.05, 3.63) is 95.4 Å². The topological polar surface area (TPSA) is 90.2 Å². The van der Waals surface area contributed by atoms with E-state index in [9.17, 15) is 4.79 Å². The number of nitrogens with one attached hydrogen (secondary N) is 3. The molecule has 0 bridgehead atoms. The van der Waals surface area contributed by atoms with E-state index in [1.807, 2.05) is 84.9 Å². The molecule has 0 spiro atoms. The summed E-state index contributed by atoms with van der Waals surface area (Å²) >= 11 is 0. The minimum absolute atomic E-state index is 0.419. The molecule has 0 radical (unpaired) electrons. The van der Waals surface area contributed by atoms with Gasteiger partial charge in [0.2, 0.25) is 0 Å². The minimum atomic E-state index is -0.419. The van der Waals surface area contributed by atoms with E-state index in [2.05, 4.69) is 24.9 Å². The van der Waals surface area contributed by atoms with Crippen molar-refractivity contribution in [2.45, 2.75) is 0 Å². The molecular weight excluding hydrogens is 386 g/mol. The first-order valence-corrected chi connectivity index (χ1v) is 9.99. The third-order valence-corrected chi connectivity index (χ3v) is 5.41. The second kappa shape index (κ2) is 6.81. The van der Waals surface area contributed by atoms with Crippen LogP contribution in [-0.2, 0) is 0 Å². The Morgan fingerprint density at radius 3 is 2.26 bits per heavy atom. The Hall–Kier alpha value is -4.45. The Morgan fingerprint density at radius 1 is 0.677 bits per heavy atom. The highest BCUT2D eigenvalue weighted by Gasteiger charge is 2.18. The number of imidazole rings is 1. The van der Waals surface area contributed by atoms with E-state index in [0.717, 1.165) is 38.8 Å². The molecule has 3 aromatic heterocycles. The largest absolute Gasteiger partial charge is 0.354 e. The van der Waals surface area contributed by atoms with Crippen LogP contribution in [0.4, 0.5) is 0 Å². The van der Waals surface area contributed by atoms with Crippen molar-refractivity contribution < 1.29 is 0 Å². The van der Waals surface area contributed by atoms with Crippen LogP contribution < -0.4 is 5.69 Å². The second-order valence-electron chi connectivity index (χ2n) is 7.37. The lowest BCUT2D eigenvalue weighted by molar-refractivity contribution is 1.07. The lowest BCUT2D eigenvalue weighted by Crippen LogP contribution is -2.12. The molecule has 0 aliphatic carbocycles. The number of fused-ring (bicyclic) bond motifs is 2. The Morgan fingerprint density at radius 2 is 1.42 bits per heavy atom. The Labute approximate surface area is 176 Å². The van der Waals surface area contributed by atoms with Crippen LogP contribution in [0, 0.1) is 0 Å². The predicted octanol–water partition coefficient (Wildman–Crippen LogP) is 5.13. The fraction of sp³-hybridized carbons (Fsp3) is 0. The van der Waals surface area contributed by atoms with Crippen LogP contribution >= 0.6 is 0 Å². The third-order valence-electron chi connectivity index (χ3n) is 5.41. The van der Waals surface area contributed by atoms with Gasteiger partial charge in [-0.25, -0.2) is 9.78 Å². The van der Waals surface area contributed by atoms with Gasteiger partial charge in [-0.2, -0.15) is 4.98 Å². The SMILES string of the molecule is O=c1nc(-c2c(-c3ccccc3)[nH]c3ccccc23)cc(-c2nc3ccccc3[nH]2)[nH]1. The van der Waals surface area contributed by atoms with Crippen molar-refractivity contribution in [1.29, 1.82) is 0 Å². The average molecular weight is 403 g/mol. The Kier molecular flexibility index (Phi) is 3.83. The summed E-state index contributed by atoms with van der Waals surface area (Å²) in [5.74, 6) is 0.600. The molecular formula is C25H17N5O. The van der Waals surface area contributed by atoms with Crippen LogP contribution in [0.3, 0.4) is 0 Å². The summed E-state index contributed by atoms with van der Waals surface area (Å²) in [6, 6.07) is 27.8. The van der Waals surface area contributed by atoms with Gasteiger partial charge in [-0.1, -0.05) is 60.7 Å². The average Bonchev–Trinajstić information content (AvgIpc) is 3.41. The van der Waals surface area contributed by atoms with Crippen molar-refractivity contribution in [1.82, 2.24) is 24.9 Å². The highest BCUT2D eigenvalue weighted by atomic mass is 16.1. The Bertz CT molecular complexity index is 1580. The zero-order chi connectivity index (χ0) is 20.8. The molecule has 6 heteroatoms. The van der Waals surface area contributed by atoms with Crippen LogP contribution in [0.15, 0.2) is 89.7 Å². The molecule has 148 valence electrons. The number of hydrogen-bond acceptors (Lipinski definition) is 3. The summed E-state index contributed by atoms with van der Waals surface area (Å²) in [5.41, 5.74) is 6.36. The van der Waals surface area contributed by atoms with Gasteiger partial charge in [0.25, 0.3) is 0 Å². The van der Waals surface area contributed by atoms with E-state index in [-0.39, 0.29) is 0 Å². The maximum absolute atomic E-state index is 12.6. The van der Waals surface area contributed by atoms with Gasteiger partial charge in [0.05, 0.1) is 28.1 Å². The summed E-state index contributed by atoms with van der Waals surface area (Å²) in [5, 5.41) is 1.01. The molecule has 0 unspecified atom stereocenters. The normalized spacial score (nSPS) is 11.4. The van der Waals surface area contributed by atoms with Gasteiger partial charge < -0.3 is 15.0 Å². The number of rotatable bonds is 3. The third kappa shape index (κ3) is 2.93. The molecule has 3 N–H and O–H groups in total. The molecule has 0 saturated carbocycles. The molecule has 6 aromatic rings. The summed E-state index contributed by atoms with van der Waals surface area (Å²) in [4.78, 5) is 31.1. The van der Waals surface area contributed by atoms with Gasteiger partial charge in [-0.15, -0.1) is 0 Å². The molecule has 3 heterocycles. The fourth-order valence-corrected chi connectivity index (χ4v) is 4.02. The van der Waals surface area contributed by atoms with Crippen molar-refractivity contribution in [2.24, 2.45) is 0 Å². The molecule has 0 saturated heterocycles. The van der Waals surface area contributed by atoms with E-state index >= 15 is 0 Å². The van der Waals surface area contributed by atoms with Crippen LogP contribution in [-0.4, -0.2) is 24.9 Å². The lowest BCUT2D eigenvalue weighted by Gasteiger charge is -2.06. The highest BCUT2D eigenvalue weighted by molar-refractivity contribution is 6.03. The van der Waals surface area contributed by atoms with Crippen LogP contribution in [0.5, 0.6) is 0 Å². The first kappa shape index (κ1) is 17.4. The van der Waals surface area contributed by atoms with Crippen molar-refractivity contribution in [2.75, 3.05) is 0 Å². The Balaban J connectivity index is 1.61. The number of aromatic nitrogens is 5. The van der Waals surface area contributed by atoms with E-state index in [1.165, 1.54) is 0 Å². The second-order valence-corrected chi connectivity index (χ2v) is 7.37. The summed E-state index contributed by atoms with van der Waals surface area (Å²) in [7, 11) is 0. The van der Waals surface area contributed by atoms with Gasteiger partial charge in [-0.05, 0) is 29.8 Å². The molecule has 6 rings (SSSR count). The van der Waals surface area contributed by atoms with Gasteiger partial charge >= 0.3 is 5.69 Å². The molecule has 0 fully saturated rings. The van der Waals surface area contributed by atoms with Gasteiger partial charge in [-0.3, -0.25) is 0 Å². The number of para-hydroxylation sites is 3. The number of nitrogens with zero attached hydrogens (tertiary/aromatic N) is 2. The zero-order valence-corrected chi connectivity index (χ0v) is 16.4. The fourth-order valence-electron chi connectivity index (χ4n) is 4.02. The lowest BCUT2D eigenvalue weighted by atomic mass is 10.0. The molecule has 0 atom stereocenters. The van der Waals surface area contributed by atoms with E-state index in [1.54, 1.807) is 0 Å². The predicted molar refractivity (Wildman–Crippen MR) is 123 cm³/mol. The summed E-state index contributed by atoms with van der Waals surface area (Å²) < 4.78 is 0. The molecule has 31 heavy (non-hydrogen) atoms. The van der Waals surface area contributed by atoms with E-state index in [0.29, 0.717) is 17.2 Å². The molecule has 6 nitrogen and oxygen atoms in total. The number of benzene rings is 3. The zero-order valence-electron chi connectivity index (χ0n) is 16.4. The van der Waals surface area contributed by atoms with Crippen LogP contribution in [0.25, 0.3) is 56.0 Å². The van der Waals surface area contributed by atoms with Gasteiger partial charge in [0.15, 0.2) is 5.82 Å². The van der Waals surface area contributed by atoms with Crippen LogP contribution in [0.1, 0.15) is 0 Å². The van der Waals surface area contributed by atoms with Crippen molar-refractivity contribution in [3.63, 3.8) is 0 Å². The van der Waals surface area contributed by atoms with E-state index < -0.39 is 5.69 Å². The van der Waals surface area contributed by atoms with E-state index in [4.69, 9.17) is 0 Å². The quantitative estimate of drug-likeness (QED) is 0.383. The van der Waals surface area contributed by atoms with Crippen LogP contribution in [0.2, 0.25) is 0 Å². The van der Waals surface area contributed by atoms with Gasteiger partial charge in [0, 0.05) is 16.5 Å². The number of hydrogen-bond donors (Lipinski definition) is 3. The van der Waals surface area contributed by atoms with Gasteiger partial charge in [0.1, 0.15) is 0 Å². The monoisotopic (exact) mass is 403 g/mol. The molecule has 0 amide bonds. The van der Waals surface area contributed by atoms with Crippen molar-refractivity contribution in [3.8, 4) is 34.0 Å². The first-order valence-electron chi connectivity index (χ1n) is 9.99. The summed E-state index contributed by atoms with van der Waals surface area (Å²) in [6.45, 7) is 0. The smallest absolute Gasteiger partial charge is 0.346 e. The maximum atomic E-state index is 12.6.